The van der Waals surface area contributed by atoms with Crippen LogP contribution in [-0.2, 0) is 11.3 Å². The molecule has 1 aromatic rings. The van der Waals surface area contributed by atoms with Gasteiger partial charge in [-0.05, 0) is 30.4 Å². The van der Waals surface area contributed by atoms with E-state index in [4.69, 9.17) is 10.5 Å². The Morgan fingerprint density at radius 3 is 2.56 bits per heavy atom. The van der Waals surface area contributed by atoms with E-state index >= 15 is 0 Å². The Hall–Kier alpha value is -0.860. The average Bonchev–Trinajstić information content (AvgIpc) is 2.19. The van der Waals surface area contributed by atoms with Gasteiger partial charge in [-0.25, -0.2) is 0 Å². The summed E-state index contributed by atoms with van der Waals surface area (Å²) in [4.78, 5) is 0. The molecule has 0 amide bonds. The fourth-order valence-electron chi connectivity index (χ4n) is 1.77. The van der Waals surface area contributed by atoms with E-state index in [9.17, 15) is 0 Å². The van der Waals surface area contributed by atoms with Gasteiger partial charge in [-0.3, -0.25) is 0 Å². The summed E-state index contributed by atoms with van der Waals surface area (Å²) in [7, 11) is 0. The van der Waals surface area contributed by atoms with E-state index in [1.807, 2.05) is 12.1 Å². The Bertz CT molecular complexity index is 309. The quantitative estimate of drug-likeness (QED) is 0.801. The van der Waals surface area contributed by atoms with E-state index < -0.39 is 0 Å². The number of rotatable bonds is 6. The minimum atomic E-state index is 0.156. The van der Waals surface area contributed by atoms with Crippen LogP contribution >= 0.6 is 0 Å². The van der Waals surface area contributed by atoms with Gasteiger partial charge in [-0.15, -0.1) is 0 Å². The molecule has 0 bridgehead atoms. The van der Waals surface area contributed by atoms with Gasteiger partial charge in [-0.1, -0.05) is 38.1 Å². The van der Waals surface area contributed by atoms with Crippen molar-refractivity contribution in [3.8, 4) is 0 Å². The zero-order chi connectivity index (χ0) is 12.0. The van der Waals surface area contributed by atoms with E-state index in [2.05, 4.69) is 32.9 Å². The van der Waals surface area contributed by atoms with Crippen molar-refractivity contribution in [1.82, 2.24) is 0 Å². The summed E-state index contributed by atoms with van der Waals surface area (Å²) in [6.07, 6.45) is 1.02. The van der Waals surface area contributed by atoms with Crippen LogP contribution in [0.5, 0.6) is 0 Å². The number of aryl methyl sites for hydroxylation is 1. The molecule has 0 saturated carbocycles. The smallest absolute Gasteiger partial charge is 0.0720 e. The molecule has 0 aliphatic carbocycles. The van der Waals surface area contributed by atoms with E-state index in [0.29, 0.717) is 19.1 Å². The number of hydrogen-bond acceptors (Lipinski definition) is 2. The summed E-state index contributed by atoms with van der Waals surface area (Å²) >= 11 is 0. The summed E-state index contributed by atoms with van der Waals surface area (Å²) < 4.78 is 5.64. The fourth-order valence-corrected chi connectivity index (χ4v) is 1.77. The molecule has 0 aliphatic rings. The first-order chi connectivity index (χ1) is 7.59. The van der Waals surface area contributed by atoms with Gasteiger partial charge in [0.05, 0.1) is 13.2 Å². The van der Waals surface area contributed by atoms with Crippen LogP contribution in [0.4, 0.5) is 0 Å². The molecule has 0 heterocycles. The second-order valence-corrected chi connectivity index (χ2v) is 4.83. The predicted octanol–water partition coefficient (Wildman–Crippen LogP) is 2.89. The molecule has 0 aromatic heterocycles. The molecule has 16 heavy (non-hydrogen) atoms. The molecule has 0 spiro atoms. The van der Waals surface area contributed by atoms with Crippen molar-refractivity contribution in [2.24, 2.45) is 11.7 Å². The standard InChI is InChI=1S/C14H23NO/c1-11(2)8-14(15)10-16-9-13-7-5-4-6-12(13)3/h4-7,11,14H,8-10,15H2,1-3H3/t14-/m0/s1. The van der Waals surface area contributed by atoms with E-state index in [1.165, 1.54) is 11.1 Å². The van der Waals surface area contributed by atoms with Crippen LogP contribution < -0.4 is 5.73 Å². The molecule has 2 N–H and O–H groups in total. The minimum absolute atomic E-state index is 0.156. The lowest BCUT2D eigenvalue weighted by molar-refractivity contribution is 0.102. The van der Waals surface area contributed by atoms with Gasteiger partial charge in [0.25, 0.3) is 0 Å². The van der Waals surface area contributed by atoms with Crippen molar-refractivity contribution >= 4 is 0 Å². The molecular formula is C14H23NO. The van der Waals surface area contributed by atoms with Crippen molar-refractivity contribution < 1.29 is 4.74 Å². The van der Waals surface area contributed by atoms with Crippen LogP contribution in [0.2, 0.25) is 0 Å². The van der Waals surface area contributed by atoms with Crippen LogP contribution in [0.25, 0.3) is 0 Å². The summed E-state index contributed by atoms with van der Waals surface area (Å²) in [5.41, 5.74) is 8.48. The van der Waals surface area contributed by atoms with Crippen molar-refractivity contribution in [2.45, 2.75) is 39.8 Å². The van der Waals surface area contributed by atoms with Gasteiger partial charge in [-0.2, -0.15) is 0 Å². The molecule has 0 radical (unpaired) electrons. The fraction of sp³-hybridized carbons (Fsp3) is 0.571. The SMILES string of the molecule is Cc1ccccc1COC[C@@H](N)CC(C)C. The molecule has 0 saturated heterocycles. The molecule has 0 unspecified atom stereocenters. The average molecular weight is 221 g/mol. The first-order valence-corrected chi connectivity index (χ1v) is 5.97. The van der Waals surface area contributed by atoms with Crippen molar-refractivity contribution in [3.05, 3.63) is 35.4 Å². The zero-order valence-corrected chi connectivity index (χ0v) is 10.6. The molecule has 90 valence electrons. The zero-order valence-electron chi connectivity index (χ0n) is 10.6. The second-order valence-electron chi connectivity index (χ2n) is 4.83. The number of benzene rings is 1. The summed E-state index contributed by atoms with van der Waals surface area (Å²) in [5, 5.41) is 0. The number of nitrogens with two attached hydrogens (primary N) is 1. The second kappa shape index (κ2) is 6.66. The van der Waals surface area contributed by atoms with Crippen LogP contribution in [0.3, 0.4) is 0 Å². The molecule has 2 heteroatoms. The number of hydrogen-bond donors (Lipinski definition) is 1. The largest absolute Gasteiger partial charge is 0.375 e. The van der Waals surface area contributed by atoms with Gasteiger partial charge in [0.2, 0.25) is 0 Å². The molecule has 1 aromatic carbocycles. The lowest BCUT2D eigenvalue weighted by Crippen LogP contribution is -2.27. The van der Waals surface area contributed by atoms with Gasteiger partial charge in [0, 0.05) is 6.04 Å². The maximum Gasteiger partial charge on any atom is 0.0720 e. The van der Waals surface area contributed by atoms with Crippen LogP contribution in [-0.4, -0.2) is 12.6 Å². The Balaban J connectivity index is 2.28. The van der Waals surface area contributed by atoms with Gasteiger partial charge >= 0.3 is 0 Å². The van der Waals surface area contributed by atoms with Crippen LogP contribution in [0.15, 0.2) is 24.3 Å². The first kappa shape index (κ1) is 13.2. The van der Waals surface area contributed by atoms with Gasteiger partial charge < -0.3 is 10.5 Å². The van der Waals surface area contributed by atoms with E-state index in [-0.39, 0.29) is 6.04 Å². The summed E-state index contributed by atoms with van der Waals surface area (Å²) in [5.74, 6) is 0.636. The molecule has 0 aliphatic heterocycles. The lowest BCUT2D eigenvalue weighted by Gasteiger charge is -2.14. The van der Waals surface area contributed by atoms with Gasteiger partial charge in [0.1, 0.15) is 0 Å². The highest BCUT2D eigenvalue weighted by molar-refractivity contribution is 5.24. The third-order valence-corrected chi connectivity index (χ3v) is 2.62. The van der Waals surface area contributed by atoms with Crippen LogP contribution in [0.1, 0.15) is 31.4 Å². The van der Waals surface area contributed by atoms with E-state index in [1.54, 1.807) is 0 Å². The Kier molecular flexibility index (Phi) is 5.50. The Morgan fingerprint density at radius 1 is 1.25 bits per heavy atom. The third kappa shape index (κ3) is 4.77. The normalized spacial score (nSPS) is 13.1. The molecule has 0 fully saturated rings. The molecule has 1 rings (SSSR count). The van der Waals surface area contributed by atoms with Crippen molar-refractivity contribution in [1.29, 1.82) is 0 Å². The Labute approximate surface area is 98.8 Å². The first-order valence-electron chi connectivity index (χ1n) is 5.97. The predicted molar refractivity (Wildman–Crippen MR) is 68.3 cm³/mol. The van der Waals surface area contributed by atoms with Crippen molar-refractivity contribution in [2.75, 3.05) is 6.61 Å². The summed E-state index contributed by atoms with van der Waals surface area (Å²) in [6, 6.07) is 8.45. The number of ether oxygens (including phenoxy) is 1. The topological polar surface area (TPSA) is 35.2 Å². The summed E-state index contributed by atoms with van der Waals surface area (Å²) in [6.45, 7) is 7.78. The van der Waals surface area contributed by atoms with E-state index in [0.717, 1.165) is 6.42 Å². The van der Waals surface area contributed by atoms with Crippen LogP contribution in [0, 0.1) is 12.8 Å². The highest BCUT2D eigenvalue weighted by atomic mass is 16.5. The molecule has 2 nitrogen and oxygen atoms in total. The molecular weight excluding hydrogens is 198 g/mol. The minimum Gasteiger partial charge on any atom is -0.375 e. The Morgan fingerprint density at radius 2 is 1.94 bits per heavy atom. The van der Waals surface area contributed by atoms with Crippen molar-refractivity contribution in [3.63, 3.8) is 0 Å². The molecule has 1 atom stereocenters. The maximum atomic E-state index is 5.95. The third-order valence-electron chi connectivity index (χ3n) is 2.62. The maximum absolute atomic E-state index is 5.95. The lowest BCUT2D eigenvalue weighted by atomic mass is 10.1. The van der Waals surface area contributed by atoms with Gasteiger partial charge in [0.15, 0.2) is 0 Å². The monoisotopic (exact) mass is 221 g/mol. The highest BCUT2D eigenvalue weighted by Crippen LogP contribution is 2.09. The highest BCUT2D eigenvalue weighted by Gasteiger charge is 2.05.